The van der Waals surface area contributed by atoms with Gasteiger partial charge in [0.1, 0.15) is 11.4 Å². The van der Waals surface area contributed by atoms with Crippen molar-refractivity contribution in [3.05, 3.63) is 16.0 Å². The Hall–Kier alpha value is -0.680. The molecule has 0 spiro atoms. The monoisotopic (exact) mass is 325 g/mol. The zero-order chi connectivity index (χ0) is 13.5. The highest BCUT2D eigenvalue weighted by molar-refractivity contribution is 9.10. The van der Waals surface area contributed by atoms with Crippen LogP contribution in [0, 0.1) is 0 Å². The van der Waals surface area contributed by atoms with E-state index in [9.17, 15) is 0 Å². The number of hydrogen-bond donors (Lipinski definition) is 1. The minimum absolute atomic E-state index is 0.311. The quantitative estimate of drug-likeness (QED) is 0.919. The third-order valence-electron chi connectivity index (χ3n) is 3.88. The summed E-state index contributed by atoms with van der Waals surface area (Å²) in [6.07, 6.45) is 4.56. The first-order valence-electron chi connectivity index (χ1n) is 7.10. The number of hydrogen-bond acceptors (Lipinski definition) is 4. The summed E-state index contributed by atoms with van der Waals surface area (Å²) in [5, 5.41) is 3.33. The van der Waals surface area contributed by atoms with Crippen molar-refractivity contribution in [2.45, 2.75) is 51.0 Å². The van der Waals surface area contributed by atoms with Gasteiger partial charge in [-0.15, -0.1) is 0 Å². The maximum absolute atomic E-state index is 5.89. The molecule has 19 heavy (non-hydrogen) atoms. The van der Waals surface area contributed by atoms with Crippen molar-refractivity contribution in [2.24, 2.45) is 0 Å². The fraction of sp³-hybridized carbons (Fsp3) is 0.714. The minimum atomic E-state index is -0.311. The van der Waals surface area contributed by atoms with Gasteiger partial charge < -0.3 is 10.1 Å². The van der Waals surface area contributed by atoms with Crippen LogP contribution in [0.15, 0.2) is 4.47 Å². The molecule has 0 amide bonds. The molecular formula is C14H20BrN3O. The topological polar surface area (TPSA) is 47.0 Å². The number of ether oxygens (including phenoxy) is 1. The van der Waals surface area contributed by atoms with Crippen LogP contribution in [0.4, 0.5) is 5.82 Å². The third kappa shape index (κ3) is 2.50. The number of nitrogens with one attached hydrogen (secondary N) is 1. The zero-order valence-corrected chi connectivity index (χ0v) is 13.1. The molecule has 1 aliphatic heterocycles. The molecule has 1 aliphatic carbocycles. The molecule has 2 heterocycles. The average molecular weight is 326 g/mol. The van der Waals surface area contributed by atoms with Crippen molar-refractivity contribution >= 4 is 21.7 Å². The molecule has 0 aromatic carbocycles. The number of aromatic nitrogens is 2. The SMILES string of the molecule is CCNc1nc(C2(C)CCCO2)nc(C2CC2)c1Br. The first kappa shape index (κ1) is 13.3. The van der Waals surface area contributed by atoms with Crippen LogP contribution in [0.1, 0.15) is 57.0 Å². The average Bonchev–Trinajstić information content (AvgIpc) is 3.14. The number of halogens is 1. The highest BCUT2D eigenvalue weighted by atomic mass is 79.9. The van der Waals surface area contributed by atoms with E-state index < -0.39 is 0 Å². The van der Waals surface area contributed by atoms with Gasteiger partial charge in [0, 0.05) is 19.1 Å². The first-order valence-corrected chi connectivity index (χ1v) is 7.89. The van der Waals surface area contributed by atoms with Gasteiger partial charge in [0.15, 0.2) is 5.82 Å². The Balaban J connectivity index is 2.03. The van der Waals surface area contributed by atoms with Gasteiger partial charge in [0.25, 0.3) is 0 Å². The fourth-order valence-corrected chi connectivity index (χ4v) is 3.21. The molecule has 2 fully saturated rings. The molecule has 4 nitrogen and oxygen atoms in total. The summed E-state index contributed by atoms with van der Waals surface area (Å²) in [7, 11) is 0. The standard InChI is InChI=1S/C14H20BrN3O/c1-3-16-12-10(15)11(9-5-6-9)17-13(18-12)14(2)7-4-8-19-14/h9H,3-8H2,1-2H3,(H,16,17,18). The van der Waals surface area contributed by atoms with Crippen LogP contribution in [0.25, 0.3) is 0 Å². The van der Waals surface area contributed by atoms with Crippen LogP contribution in [0.3, 0.4) is 0 Å². The highest BCUT2D eigenvalue weighted by Gasteiger charge is 2.37. The van der Waals surface area contributed by atoms with Crippen molar-refractivity contribution in [3.8, 4) is 0 Å². The van der Waals surface area contributed by atoms with Gasteiger partial charge in [-0.2, -0.15) is 0 Å². The fourth-order valence-electron chi connectivity index (χ4n) is 2.57. The van der Waals surface area contributed by atoms with Gasteiger partial charge in [-0.05, 0) is 55.5 Å². The van der Waals surface area contributed by atoms with Crippen molar-refractivity contribution < 1.29 is 4.74 Å². The second kappa shape index (κ2) is 5.02. The van der Waals surface area contributed by atoms with Gasteiger partial charge >= 0.3 is 0 Å². The van der Waals surface area contributed by atoms with E-state index in [0.29, 0.717) is 5.92 Å². The Labute approximate surface area is 122 Å². The maximum atomic E-state index is 5.89. The van der Waals surface area contributed by atoms with Crippen LogP contribution in [-0.2, 0) is 10.3 Å². The van der Waals surface area contributed by atoms with E-state index in [-0.39, 0.29) is 5.60 Å². The van der Waals surface area contributed by atoms with Gasteiger partial charge in [0.2, 0.25) is 0 Å². The van der Waals surface area contributed by atoms with E-state index in [2.05, 4.69) is 35.1 Å². The van der Waals surface area contributed by atoms with E-state index in [1.54, 1.807) is 0 Å². The second-order valence-corrected chi connectivity index (χ2v) is 6.38. The van der Waals surface area contributed by atoms with Gasteiger partial charge in [-0.25, -0.2) is 9.97 Å². The largest absolute Gasteiger partial charge is 0.369 e. The van der Waals surface area contributed by atoms with E-state index in [4.69, 9.17) is 14.7 Å². The molecular weight excluding hydrogens is 306 g/mol. The van der Waals surface area contributed by atoms with E-state index in [1.807, 2.05) is 0 Å². The molecule has 0 bridgehead atoms. The summed E-state index contributed by atoms with van der Waals surface area (Å²) in [5.41, 5.74) is 0.840. The molecule has 0 radical (unpaired) electrons. The molecule has 104 valence electrons. The Bertz CT molecular complexity index is 482. The summed E-state index contributed by atoms with van der Waals surface area (Å²) < 4.78 is 6.92. The summed E-state index contributed by atoms with van der Waals surface area (Å²) >= 11 is 3.65. The Morgan fingerprint density at radius 2 is 2.21 bits per heavy atom. The zero-order valence-electron chi connectivity index (χ0n) is 11.5. The predicted molar refractivity (Wildman–Crippen MR) is 78.4 cm³/mol. The summed E-state index contributed by atoms with van der Waals surface area (Å²) in [4.78, 5) is 9.50. The molecule has 1 aromatic rings. The Morgan fingerprint density at radius 3 is 2.79 bits per heavy atom. The third-order valence-corrected chi connectivity index (χ3v) is 4.66. The molecule has 1 unspecified atom stereocenters. The number of anilines is 1. The highest BCUT2D eigenvalue weighted by Crippen LogP contribution is 2.45. The molecule has 1 N–H and O–H groups in total. The molecule has 1 aromatic heterocycles. The van der Waals surface area contributed by atoms with E-state index in [0.717, 1.165) is 47.8 Å². The molecule has 2 aliphatic rings. The second-order valence-electron chi connectivity index (χ2n) is 5.58. The number of rotatable bonds is 4. The minimum Gasteiger partial charge on any atom is -0.369 e. The van der Waals surface area contributed by atoms with Crippen LogP contribution in [0.5, 0.6) is 0 Å². The lowest BCUT2D eigenvalue weighted by Gasteiger charge is -2.23. The maximum Gasteiger partial charge on any atom is 0.162 e. The summed E-state index contributed by atoms with van der Waals surface area (Å²) in [5.74, 6) is 2.34. The van der Waals surface area contributed by atoms with Crippen molar-refractivity contribution in [1.29, 1.82) is 0 Å². The van der Waals surface area contributed by atoms with E-state index in [1.165, 1.54) is 12.8 Å². The molecule has 1 saturated heterocycles. The van der Waals surface area contributed by atoms with Gasteiger partial charge in [-0.1, -0.05) is 0 Å². The normalized spacial score (nSPS) is 26.7. The van der Waals surface area contributed by atoms with Crippen molar-refractivity contribution in [3.63, 3.8) is 0 Å². The smallest absolute Gasteiger partial charge is 0.162 e. The molecule has 1 saturated carbocycles. The predicted octanol–water partition coefficient (Wildman–Crippen LogP) is 3.57. The van der Waals surface area contributed by atoms with Crippen LogP contribution in [0.2, 0.25) is 0 Å². The summed E-state index contributed by atoms with van der Waals surface area (Å²) in [6, 6.07) is 0. The van der Waals surface area contributed by atoms with Crippen LogP contribution >= 0.6 is 15.9 Å². The number of nitrogens with zero attached hydrogens (tertiary/aromatic N) is 2. The Morgan fingerprint density at radius 1 is 1.42 bits per heavy atom. The Kier molecular flexibility index (Phi) is 3.52. The molecule has 3 rings (SSSR count). The van der Waals surface area contributed by atoms with Crippen molar-refractivity contribution in [2.75, 3.05) is 18.5 Å². The van der Waals surface area contributed by atoms with Crippen LogP contribution in [-0.4, -0.2) is 23.1 Å². The van der Waals surface area contributed by atoms with E-state index >= 15 is 0 Å². The lowest BCUT2D eigenvalue weighted by Crippen LogP contribution is -2.25. The lowest BCUT2D eigenvalue weighted by atomic mass is 10.0. The first-order chi connectivity index (χ1) is 9.14. The van der Waals surface area contributed by atoms with Gasteiger partial charge in [0.05, 0.1) is 10.2 Å². The molecule has 5 heteroatoms. The van der Waals surface area contributed by atoms with Crippen molar-refractivity contribution in [1.82, 2.24) is 9.97 Å². The van der Waals surface area contributed by atoms with Crippen LogP contribution < -0.4 is 5.32 Å². The summed E-state index contributed by atoms with van der Waals surface area (Å²) in [6.45, 7) is 5.86. The lowest BCUT2D eigenvalue weighted by molar-refractivity contribution is 0.00923. The molecule has 1 atom stereocenters. The van der Waals surface area contributed by atoms with Gasteiger partial charge in [-0.3, -0.25) is 0 Å².